The Hall–Kier alpha value is -4.46. The number of methoxy groups -OCH3 is 2. The quantitative estimate of drug-likeness (QED) is 0.260. The minimum atomic E-state index is 0.215. The van der Waals surface area contributed by atoms with Crippen LogP contribution in [0.5, 0.6) is 17.5 Å². The molecule has 0 aliphatic rings. The van der Waals surface area contributed by atoms with Gasteiger partial charge in [-0.15, -0.1) is 0 Å². The number of rotatable bonds is 10. The van der Waals surface area contributed by atoms with Crippen molar-refractivity contribution in [3.05, 3.63) is 89.5 Å². The summed E-state index contributed by atoms with van der Waals surface area (Å²) in [6.07, 6.45) is 2.36. The van der Waals surface area contributed by atoms with Gasteiger partial charge in [0.2, 0.25) is 5.95 Å². The van der Waals surface area contributed by atoms with Crippen molar-refractivity contribution < 1.29 is 14.2 Å². The minimum absolute atomic E-state index is 0.215. The van der Waals surface area contributed by atoms with E-state index in [9.17, 15) is 0 Å². The lowest BCUT2D eigenvalue weighted by Gasteiger charge is -2.10. The van der Waals surface area contributed by atoms with Gasteiger partial charge in [0.25, 0.3) is 0 Å². The van der Waals surface area contributed by atoms with Gasteiger partial charge >= 0.3 is 6.01 Å². The molecule has 0 bridgehead atoms. The zero-order chi connectivity index (χ0) is 24.5. The molecule has 0 amide bonds. The van der Waals surface area contributed by atoms with E-state index in [0.29, 0.717) is 36.3 Å². The Bertz CT molecular complexity index is 1300. The van der Waals surface area contributed by atoms with Crippen LogP contribution < -0.4 is 19.6 Å². The molecule has 0 saturated heterocycles. The number of hydrogen-bond acceptors (Lipinski definition) is 8. The molecule has 0 aliphatic carbocycles. The second-order valence-corrected chi connectivity index (χ2v) is 7.70. The fourth-order valence-corrected chi connectivity index (χ4v) is 3.40. The highest BCUT2D eigenvalue weighted by Gasteiger charge is 2.10. The van der Waals surface area contributed by atoms with Crippen molar-refractivity contribution >= 4 is 12.2 Å². The first-order valence-electron chi connectivity index (χ1n) is 11.2. The second kappa shape index (κ2) is 11.6. The third kappa shape index (κ3) is 6.54. The molecule has 1 aromatic heterocycles. The molecule has 0 spiro atoms. The summed E-state index contributed by atoms with van der Waals surface area (Å²) in [6, 6.07) is 23.7. The lowest BCUT2D eigenvalue weighted by atomic mass is 10.1. The number of anilines is 1. The zero-order valence-corrected chi connectivity index (χ0v) is 19.9. The average Bonchev–Trinajstić information content (AvgIpc) is 2.89. The van der Waals surface area contributed by atoms with Crippen molar-refractivity contribution in [2.45, 2.75) is 13.3 Å². The standard InChI is InChI=1S/C27H27N5O3/c1-19-8-7-9-21(16-19)18-28-32-26-29-25(22-10-5-4-6-11-22)30-27(31-26)35-15-14-20-12-13-23(33-2)24(17-20)34-3/h4-13,16-18H,14-15H2,1-3H3,(H,29,30,31,32)/b28-18+. The van der Waals surface area contributed by atoms with Crippen LogP contribution in [0.1, 0.15) is 16.7 Å². The Morgan fingerprint density at radius 3 is 2.46 bits per heavy atom. The van der Waals surface area contributed by atoms with Crippen LogP contribution in [0.2, 0.25) is 0 Å². The largest absolute Gasteiger partial charge is 0.493 e. The highest BCUT2D eigenvalue weighted by atomic mass is 16.5. The van der Waals surface area contributed by atoms with Gasteiger partial charge in [-0.05, 0) is 30.2 Å². The normalized spacial score (nSPS) is 10.8. The minimum Gasteiger partial charge on any atom is -0.493 e. The second-order valence-electron chi connectivity index (χ2n) is 7.70. The first-order chi connectivity index (χ1) is 17.1. The monoisotopic (exact) mass is 469 g/mol. The maximum absolute atomic E-state index is 5.90. The lowest BCUT2D eigenvalue weighted by Crippen LogP contribution is -2.08. The first kappa shape index (κ1) is 23.7. The van der Waals surface area contributed by atoms with Gasteiger partial charge in [-0.25, -0.2) is 5.43 Å². The van der Waals surface area contributed by atoms with Crippen LogP contribution in [-0.4, -0.2) is 42.0 Å². The van der Waals surface area contributed by atoms with Crippen molar-refractivity contribution in [2.24, 2.45) is 5.10 Å². The smallest absolute Gasteiger partial charge is 0.321 e. The summed E-state index contributed by atoms with van der Waals surface area (Å²) in [6.45, 7) is 2.41. The van der Waals surface area contributed by atoms with E-state index in [1.54, 1.807) is 20.4 Å². The van der Waals surface area contributed by atoms with Crippen molar-refractivity contribution in [1.82, 2.24) is 15.0 Å². The summed E-state index contributed by atoms with van der Waals surface area (Å²) < 4.78 is 16.6. The molecule has 1 N–H and O–H groups in total. The first-order valence-corrected chi connectivity index (χ1v) is 11.2. The van der Waals surface area contributed by atoms with E-state index in [-0.39, 0.29) is 6.01 Å². The number of aromatic nitrogens is 3. The van der Waals surface area contributed by atoms with E-state index in [1.165, 1.54) is 0 Å². The summed E-state index contributed by atoms with van der Waals surface area (Å²) in [4.78, 5) is 13.4. The van der Waals surface area contributed by atoms with Crippen LogP contribution in [0.3, 0.4) is 0 Å². The number of nitrogens with zero attached hydrogens (tertiary/aromatic N) is 4. The van der Waals surface area contributed by atoms with Gasteiger partial charge in [-0.2, -0.15) is 20.1 Å². The molecule has 3 aromatic carbocycles. The molecule has 0 atom stereocenters. The Morgan fingerprint density at radius 2 is 1.69 bits per heavy atom. The SMILES string of the molecule is COc1ccc(CCOc2nc(N/N=C/c3cccc(C)c3)nc(-c3ccccc3)n2)cc1OC. The predicted octanol–water partition coefficient (Wildman–Crippen LogP) is 4.93. The van der Waals surface area contributed by atoms with E-state index >= 15 is 0 Å². The van der Waals surface area contributed by atoms with E-state index < -0.39 is 0 Å². The predicted molar refractivity (Wildman–Crippen MR) is 136 cm³/mol. The van der Waals surface area contributed by atoms with Crippen LogP contribution in [-0.2, 0) is 6.42 Å². The van der Waals surface area contributed by atoms with E-state index in [0.717, 1.165) is 22.3 Å². The molecule has 35 heavy (non-hydrogen) atoms. The number of nitrogens with one attached hydrogen (secondary N) is 1. The van der Waals surface area contributed by atoms with Crippen molar-refractivity contribution in [2.75, 3.05) is 26.3 Å². The lowest BCUT2D eigenvalue weighted by molar-refractivity contribution is 0.295. The average molecular weight is 470 g/mol. The summed E-state index contributed by atoms with van der Waals surface area (Å²) >= 11 is 0. The number of aryl methyl sites for hydroxylation is 1. The molecule has 8 nitrogen and oxygen atoms in total. The number of hydrazone groups is 1. The molecule has 1 heterocycles. The van der Waals surface area contributed by atoms with E-state index in [4.69, 9.17) is 14.2 Å². The Labute approximate surface area is 204 Å². The van der Waals surface area contributed by atoms with Crippen LogP contribution in [0.25, 0.3) is 11.4 Å². The van der Waals surface area contributed by atoms with Gasteiger partial charge in [0.15, 0.2) is 17.3 Å². The van der Waals surface area contributed by atoms with Crippen molar-refractivity contribution in [3.63, 3.8) is 0 Å². The Kier molecular flexibility index (Phi) is 7.85. The third-order valence-electron chi connectivity index (χ3n) is 5.14. The third-order valence-corrected chi connectivity index (χ3v) is 5.14. The van der Waals surface area contributed by atoms with Gasteiger partial charge in [0.1, 0.15) is 0 Å². The topological polar surface area (TPSA) is 90.8 Å². The molecule has 8 heteroatoms. The molecular weight excluding hydrogens is 442 g/mol. The van der Waals surface area contributed by atoms with Crippen LogP contribution >= 0.6 is 0 Å². The van der Waals surface area contributed by atoms with Crippen LogP contribution in [0, 0.1) is 6.92 Å². The van der Waals surface area contributed by atoms with Crippen LogP contribution in [0.4, 0.5) is 5.95 Å². The molecular formula is C27H27N5O3. The Balaban J connectivity index is 1.49. The summed E-state index contributed by atoms with van der Waals surface area (Å²) in [5, 5.41) is 4.28. The van der Waals surface area contributed by atoms with Gasteiger partial charge in [-0.3, -0.25) is 0 Å². The summed E-state index contributed by atoms with van der Waals surface area (Å²) in [7, 11) is 3.23. The fourth-order valence-electron chi connectivity index (χ4n) is 3.40. The summed E-state index contributed by atoms with van der Waals surface area (Å²) in [5.74, 6) is 2.15. The van der Waals surface area contributed by atoms with Gasteiger partial charge in [0, 0.05) is 12.0 Å². The molecule has 0 aliphatic heterocycles. The molecule has 0 fully saturated rings. The highest BCUT2D eigenvalue weighted by molar-refractivity contribution is 5.80. The van der Waals surface area contributed by atoms with Gasteiger partial charge in [0.05, 0.1) is 27.0 Å². The molecule has 0 unspecified atom stereocenters. The number of benzene rings is 3. The van der Waals surface area contributed by atoms with Gasteiger partial charge in [-0.1, -0.05) is 66.2 Å². The zero-order valence-electron chi connectivity index (χ0n) is 19.9. The highest BCUT2D eigenvalue weighted by Crippen LogP contribution is 2.27. The van der Waals surface area contributed by atoms with Gasteiger partial charge < -0.3 is 14.2 Å². The number of hydrogen-bond donors (Lipinski definition) is 1. The fraction of sp³-hybridized carbons (Fsp3) is 0.185. The molecule has 4 aromatic rings. The molecule has 0 saturated carbocycles. The van der Waals surface area contributed by atoms with Crippen LogP contribution in [0.15, 0.2) is 77.9 Å². The summed E-state index contributed by atoms with van der Waals surface area (Å²) in [5.41, 5.74) is 6.92. The Morgan fingerprint density at radius 1 is 0.857 bits per heavy atom. The number of ether oxygens (including phenoxy) is 3. The maximum atomic E-state index is 5.90. The van der Waals surface area contributed by atoms with Crippen molar-refractivity contribution in [1.29, 1.82) is 0 Å². The van der Waals surface area contributed by atoms with E-state index in [1.807, 2.05) is 79.7 Å². The molecule has 4 rings (SSSR count). The van der Waals surface area contributed by atoms with Crippen molar-refractivity contribution in [3.8, 4) is 28.9 Å². The molecule has 178 valence electrons. The molecule has 0 radical (unpaired) electrons. The van der Waals surface area contributed by atoms with E-state index in [2.05, 4.69) is 25.5 Å². The maximum Gasteiger partial charge on any atom is 0.321 e.